The molecule has 1 atom stereocenters. The summed E-state index contributed by atoms with van der Waals surface area (Å²) in [6.45, 7) is 0.301. The molecule has 1 aliphatic carbocycles. The van der Waals surface area contributed by atoms with Crippen LogP contribution in [0.15, 0.2) is 18.3 Å². The molecule has 1 aliphatic heterocycles. The molecule has 8 nitrogen and oxygen atoms in total. The maximum Gasteiger partial charge on any atom is 0.325 e. The number of carbonyl (C=O) groups excluding carboxylic acids is 3. The summed E-state index contributed by atoms with van der Waals surface area (Å²) in [6, 6.07) is 2.24. The lowest BCUT2D eigenvalue weighted by Gasteiger charge is -2.44. The Bertz CT molecular complexity index is 764. The summed E-state index contributed by atoms with van der Waals surface area (Å²) in [6.07, 6.45) is 5.54. The number of amides is 2. The van der Waals surface area contributed by atoms with Crippen LogP contribution in [0.5, 0.6) is 0 Å². The molecule has 2 aliphatic rings. The number of hydrogen-bond donors (Lipinski definition) is 1. The van der Waals surface area contributed by atoms with E-state index < -0.39 is 17.6 Å². The molecular weight excluding hydrogens is 398 g/mol. The molecule has 2 fully saturated rings. The van der Waals surface area contributed by atoms with E-state index in [9.17, 15) is 19.5 Å². The minimum Gasteiger partial charge on any atom is -0.468 e. The summed E-state index contributed by atoms with van der Waals surface area (Å²) in [5.41, 5.74) is -0.673. The third-order valence-electron chi connectivity index (χ3n) is 5.72. The fourth-order valence-corrected chi connectivity index (χ4v) is 4.21. The molecule has 1 aromatic rings. The van der Waals surface area contributed by atoms with Crippen LogP contribution < -0.4 is 0 Å². The van der Waals surface area contributed by atoms with Crippen LogP contribution in [0.25, 0.3) is 0 Å². The number of esters is 1. The van der Waals surface area contributed by atoms with Gasteiger partial charge in [-0.2, -0.15) is 0 Å². The number of piperazine rings is 1. The van der Waals surface area contributed by atoms with E-state index in [1.54, 1.807) is 6.07 Å². The normalized spacial score (nSPS) is 21.8. The molecule has 0 spiro atoms. The van der Waals surface area contributed by atoms with E-state index in [1.165, 1.54) is 29.2 Å². The van der Waals surface area contributed by atoms with Crippen LogP contribution >= 0.6 is 11.6 Å². The molecule has 1 saturated heterocycles. The Kier molecular flexibility index (Phi) is 6.74. The van der Waals surface area contributed by atoms with Gasteiger partial charge in [-0.1, -0.05) is 30.9 Å². The first kappa shape index (κ1) is 21.5. The highest BCUT2D eigenvalue weighted by atomic mass is 35.5. The highest BCUT2D eigenvalue weighted by Gasteiger charge is 2.43. The van der Waals surface area contributed by atoms with Crippen LogP contribution in [0.1, 0.15) is 48.9 Å². The predicted molar refractivity (Wildman–Crippen MR) is 105 cm³/mol. The second-order valence-corrected chi connectivity index (χ2v) is 8.10. The average Bonchev–Trinajstić information content (AvgIpc) is 2.71. The molecule has 3 rings (SSSR count). The lowest BCUT2D eigenvalue weighted by molar-refractivity contribution is -0.153. The number of hydrogen-bond acceptors (Lipinski definition) is 6. The molecular formula is C20H26ClN3O5. The Balaban J connectivity index is 1.84. The standard InChI is InChI=1S/C20H26ClN3O5/c1-29-17(25)13-23-9-10-24(18(26)14-5-6-16(21)22-12-14)15(19(23)27)11-20(28)7-3-2-4-8-20/h5-6,12,15,28H,2-4,7-11,13H2,1H3. The monoisotopic (exact) mass is 423 g/mol. The van der Waals surface area contributed by atoms with Gasteiger partial charge in [0.2, 0.25) is 5.91 Å². The van der Waals surface area contributed by atoms with E-state index in [0.717, 1.165) is 19.3 Å². The SMILES string of the molecule is COC(=O)CN1CCN(C(=O)c2ccc(Cl)nc2)C(CC2(O)CCCCC2)C1=O. The number of carbonyl (C=O) groups is 3. The fourth-order valence-electron chi connectivity index (χ4n) is 4.10. The predicted octanol–water partition coefficient (Wildman–Crippen LogP) is 1.65. The minimum atomic E-state index is -0.996. The van der Waals surface area contributed by atoms with Gasteiger partial charge in [0.05, 0.1) is 18.3 Å². The Hall–Kier alpha value is -2.19. The zero-order chi connectivity index (χ0) is 21.0. The molecule has 1 unspecified atom stereocenters. The number of nitrogens with zero attached hydrogens (tertiary/aromatic N) is 3. The molecule has 2 heterocycles. The van der Waals surface area contributed by atoms with E-state index in [-0.39, 0.29) is 43.0 Å². The number of ether oxygens (including phenoxy) is 1. The maximum atomic E-state index is 13.2. The van der Waals surface area contributed by atoms with Gasteiger partial charge < -0.3 is 19.6 Å². The zero-order valence-electron chi connectivity index (χ0n) is 16.5. The van der Waals surface area contributed by atoms with Crippen molar-refractivity contribution < 1.29 is 24.2 Å². The second kappa shape index (κ2) is 9.09. The molecule has 1 saturated carbocycles. The topological polar surface area (TPSA) is 100 Å². The van der Waals surface area contributed by atoms with Crippen molar-refractivity contribution in [2.24, 2.45) is 0 Å². The first-order chi connectivity index (χ1) is 13.8. The van der Waals surface area contributed by atoms with Gasteiger partial charge in [0.1, 0.15) is 17.7 Å². The average molecular weight is 424 g/mol. The van der Waals surface area contributed by atoms with Crippen molar-refractivity contribution in [2.75, 3.05) is 26.7 Å². The highest BCUT2D eigenvalue weighted by molar-refractivity contribution is 6.29. The molecule has 9 heteroatoms. The molecule has 1 N–H and O–H groups in total. The van der Waals surface area contributed by atoms with E-state index >= 15 is 0 Å². The van der Waals surface area contributed by atoms with Gasteiger partial charge in [0.15, 0.2) is 0 Å². The molecule has 0 radical (unpaired) electrons. The van der Waals surface area contributed by atoms with Crippen LogP contribution in [0.4, 0.5) is 0 Å². The van der Waals surface area contributed by atoms with Gasteiger partial charge in [0.25, 0.3) is 5.91 Å². The summed E-state index contributed by atoms with van der Waals surface area (Å²) in [5.74, 6) is -1.21. The van der Waals surface area contributed by atoms with Gasteiger partial charge in [-0.05, 0) is 25.0 Å². The van der Waals surface area contributed by atoms with Crippen LogP contribution in [0.2, 0.25) is 5.15 Å². The van der Waals surface area contributed by atoms with Gasteiger partial charge in [-0.25, -0.2) is 4.98 Å². The smallest absolute Gasteiger partial charge is 0.325 e. The summed E-state index contributed by atoms with van der Waals surface area (Å²) >= 11 is 5.81. The summed E-state index contributed by atoms with van der Waals surface area (Å²) in [5, 5.41) is 11.3. The van der Waals surface area contributed by atoms with Crippen molar-refractivity contribution in [3.05, 3.63) is 29.0 Å². The van der Waals surface area contributed by atoms with Crippen molar-refractivity contribution >= 4 is 29.4 Å². The molecule has 1 aromatic heterocycles. The van der Waals surface area contributed by atoms with Crippen molar-refractivity contribution in [2.45, 2.75) is 50.2 Å². The van der Waals surface area contributed by atoms with Crippen molar-refractivity contribution in [1.29, 1.82) is 0 Å². The third-order valence-corrected chi connectivity index (χ3v) is 5.95. The Morgan fingerprint density at radius 2 is 2.00 bits per heavy atom. The Morgan fingerprint density at radius 3 is 2.62 bits per heavy atom. The van der Waals surface area contributed by atoms with Crippen molar-refractivity contribution in [3.63, 3.8) is 0 Å². The van der Waals surface area contributed by atoms with Crippen molar-refractivity contribution in [3.8, 4) is 0 Å². The van der Waals surface area contributed by atoms with E-state index in [4.69, 9.17) is 11.6 Å². The van der Waals surface area contributed by atoms with Crippen LogP contribution in [0.3, 0.4) is 0 Å². The summed E-state index contributed by atoms with van der Waals surface area (Å²) in [7, 11) is 1.27. The third kappa shape index (κ3) is 5.05. The molecule has 2 amide bonds. The molecule has 158 valence electrons. The number of methoxy groups -OCH3 is 1. The number of halogens is 1. The van der Waals surface area contributed by atoms with E-state index in [0.29, 0.717) is 18.4 Å². The Labute approximate surface area is 174 Å². The zero-order valence-corrected chi connectivity index (χ0v) is 17.2. The minimum absolute atomic E-state index is 0.149. The first-order valence-electron chi connectivity index (χ1n) is 9.83. The molecule has 0 bridgehead atoms. The Morgan fingerprint density at radius 1 is 1.28 bits per heavy atom. The quantitative estimate of drug-likeness (QED) is 0.571. The maximum absolute atomic E-state index is 13.2. The second-order valence-electron chi connectivity index (χ2n) is 7.71. The lowest BCUT2D eigenvalue weighted by Crippen LogP contribution is -2.61. The van der Waals surface area contributed by atoms with Gasteiger partial charge in [0, 0.05) is 25.7 Å². The summed E-state index contributed by atoms with van der Waals surface area (Å²) in [4.78, 5) is 44.8. The fraction of sp³-hybridized carbons (Fsp3) is 0.600. The lowest BCUT2D eigenvalue weighted by atomic mass is 9.79. The first-order valence-corrected chi connectivity index (χ1v) is 10.2. The highest BCUT2D eigenvalue weighted by Crippen LogP contribution is 2.34. The van der Waals surface area contributed by atoms with Crippen LogP contribution in [-0.4, -0.2) is 76.1 Å². The molecule has 0 aromatic carbocycles. The van der Waals surface area contributed by atoms with Crippen LogP contribution in [0, 0.1) is 0 Å². The largest absolute Gasteiger partial charge is 0.468 e. The number of aromatic nitrogens is 1. The van der Waals surface area contributed by atoms with Gasteiger partial charge in [-0.3, -0.25) is 14.4 Å². The number of aliphatic hydroxyl groups is 1. The van der Waals surface area contributed by atoms with Crippen LogP contribution in [-0.2, 0) is 14.3 Å². The summed E-state index contributed by atoms with van der Waals surface area (Å²) < 4.78 is 4.68. The van der Waals surface area contributed by atoms with E-state index in [2.05, 4.69) is 9.72 Å². The number of pyridine rings is 1. The van der Waals surface area contributed by atoms with Gasteiger partial charge >= 0.3 is 5.97 Å². The van der Waals surface area contributed by atoms with Gasteiger partial charge in [-0.15, -0.1) is 0 Å². The molecule has 29 heavy (non-hydrogen) atoms. The van der Waals surface area contributed by atoms with Crippen molar-refractivity contribution in [1.82, 2.24) is 14.8 Å². The number of rotatable bonds is 5. The van der Waals surface area contributed by atoms with E-state index in [1.807, 2.05) is 0 Å².